The first-order chi connectivity index (χ1) is 4.63. The predicted octanol–water partition coefficient (Wildman–Crippen LogP) is 1.78. The SMILES string of the molecule is CCC(P=O)C(C)C(=O)O. The van der Waals surface area contributed by atoms with E-state index in [1.54, 1.807) is 6.92 Å². The van der Waals surface area contributed by atoms with E-state index in [0.29, 0.717) is 6.42 Å². The summed E-state index contributed by atoms with van der Waals surface area (Å²) in [6.07, 6.45) is 0.637. The van der Waals surface area contributed by atoms with E-state index in [-0.39, 0.29) is 14.1 Å². The highest BCUT2D eigenvalue weighted by atomic mass is 31.1. The van der Waals surface area contributed by atoms with Gasteiger partial charge in [-0.15, -0.1) is 0 Å². The molecule has 0 saturated carbocycles. The van der Waals surface area contributed by atoms with Gasteiger partial charge in [-0.3, -0.25) is 9.36 Å². The molecule has 0 radical (unpaired) electrons. The molecular formula is C6H11O3P. The Morgan fingerprint density at radius 2 is 2.20 bits per heavy atom. The lowest BCUT2D eigenvalue weighted by molar-refractivity contribution is -0.141. The van der Waals surface area contributed by atoms with Crippen molar-refractivity contribution in [2.45, 2.75) is 25.9 Å². The number of carboxylic acids is 1. The third-order valence-electron chi connectivity index (χ3n) is 1.52. The maximum Gasteiger partial charge on any atom is 0.307 e. The van der Waals surface area contributed by atoms with Gasteiger partial charge in [-0.05, 0) is 6.42 Å². The second-order valence-electron chi connectivity index (χ2n) is 2.21. The molecule has 0 aromatic heterocycles. The van der Waals surface area contributed by atoms with Gasteiger partial charge < -0.3 is 5.11 Å². The number of hydrogen-bond acceptors (Lipinski definition) is 2. The van der Waals surface area contributed by atoms with E-state index in [0.717, 1.165) is 0 Å². The van der Waals surface area contributed by atoms with E-state index in [1.165, 1.54) is 0 Å². The lowest BCUT2D eigenvalue weighted by Gasteiger charge is -2.09. The number of rotatable bonds is 4. The molecule has 0 aliphatic heterocycles. The second-order valence-corrected chi connectivity index (χ2v) is 3.08. The number of hydrogen-bond donors (Lipinski definition) is 1. The van der Waals surface area contributed by atoms with E-state index in [9.17, 15) is 9.36 Å². The molecule has 0 aromatic carbocycles. The summed E-state index contributed by atoms with van der Waals surface area (Å²) < 4.78 is 10.3. The first kappa shape index (κ1) is 9.57. The van der Waals surface area contributed by atoms with Crippen LogP contribution in [-0.2, 0) is 9.36 Å². The molecule has 0 aliphatic rings. The zero-order chi connectivity index (χ0) is 8.15. The summed E-state index contributed by atoms with van der Waals surface area (Å²) in [5.74, 6) is -1.39. The van der Waals surface area contributed by atoms with E-state index < -0.39 is 11.9 Å². The van der Waals surface area contributed by atoms with Gasteiger partial charge >= 0.3 is 5.97 Å². The fourth-order valence-electron chi connectivity index (χ4n) is 0.684. The van der Waals surface area contributed by atoms with Crippen LogP contribution in [0.25, 0.3) is 0 Å². The minimum Gasteiger partial charge on any atom is -0.481 e. The Bertz CT molecular complexity index is 135. The van der Waals surface area contributed by atoms with Crippen LogP contribution in [0.15, 0.2) is 0 Å². The van der Waals surface area contributed by atoms with Crippen molar-refractivity contribution in [3.05, 3.63) is 0 Å². The molecule has 3 nitrogen and oxygen atoms in total. The van der Waals surface area contributed by atoms with E-state index >= 15 is 0 Å². The highest BCUT2D eigenvalue weighted by Crippen LogP contribution is 2.20. The topological polar surface area (TPSA) is 54.4 Å². The molecule has 2 atom stereocenters. The number of carboxylic acid groups (broad SMARTS) is 1. The molecular weight excluding hydrogens is 151 g/mol. The van der Waals surface area contributed by atoms with Crippen LogP contribution < -0.4 is 0 Å². The van der Waals surface area contributed by atoms with Crippen LogP contribution in [0.5, 0.6) is 0 Å². The first-order valence-corrected chi connectivity index (χ1v) is 4.06. The standard InChI is InChI=1S/C6H11O3P/c1-3-5(10-9)4(2)6(7)8/h4-5H,3H2,1-2H3,(H,7,8). The molecule has 4 heteroatoms. The highest BCUT2D eigenvalue weighted by Gasteiger charge is 2.21. The quantitative estimate of drug-likeness (QED) is 0.641. The van der Waals surface area contributed by atoms with Gasteiger partial charge in [0.1, 0.15) is 0 Å². The van der Waals surface area contributed by atoms with E-state index in [2.05, 4.69) is 0 Å². The van der Waals surface area contributed by atoms with Gasteiger partial charge in [0.2, 0.25) is 0 Å². The van der Waals surface area contributed by atoms with Crippen molar-refractivity contribution in [2.24, 2.45) is 5.92 Å². The fraction of sp³-hybridized carbons (Fsp3) is 0.833. The Morgan fingerprint density at radius 1 is 1.70 bits per heavy atom. The lowest BCUT2D eigenvalue weighted by Crippen LogP contribution is -2.19. The van der Waals surface area contributed by atoms with Crippen LogP contribution in [-0.4, -0.2) is 16.7 Å². The summed E-state index contributed by atoms with van der Waals surface area (Å²) in [5, 5.41) is 8.47. The highest BCUT2D eigenvalue weighted by molar-refractivity contribution is 7.24. The van der Waals surface area contributed by atoms with Gasteiger partial charge in [-0.2, -0.15) is 0 Å². The van der Waals surface area contributed by atoms with Gasteiger partial charge in [0.15, 0.2) is 8.46 Å². The van der Waals surface area contributed by atoms with Gasteiger partial charge in [0.05, 0.1) is 11.6 Å². The van der Waals surface area contributed by atoms with Crippen molar-refractivity contribution in [3.8, 4) is 0 Å². The molecule has 0 aliphatic carbocycles. The Kier molecular flexibility index (Phi) is 4.21. The molecule has 0 aromatic rings. The van der Waals surface area contributed by atoms with E-state index in [1.807, 2.05) is 6.92 Å². The van der Waals surface area contributed by atoms with Crippen molar-refractivity contribution in [2.75, 3.05) is 0 Å². The molecule has 0 bridgehead atoms. The van der Waals surface area contributed by atoms with Crippen LogP contribution in [0.2, 0.25) is 0 Å². The fourth-order valence-corrected chi connectivity index (χ4v) is 1.14. The third kappa shape index (κ3) is 2.44. The van der Waals surface area contributed by atoms with Crippen LogP contribution in [0.3, 0.4) is 0 Å². The van der Waals surface area contributed by atoms with E-state index in [4.69, 9.17) is 5.11 Å². The number of carbonyl (C=O) groups is 1. The summed E-state index contributed by atoms with van der Waals surface area (Å²) >= 11 is 0. The Hall–Kier alpha value is -0.430. The van der Waals surface area contributed by atoms with Gasteiger partial charge in [-0.1, -0.05) is 13.8 Å². The molecule has 2 unspecified atom stereocenters. The molecule has 1 N–H and O–H groups in total. The van der Waals surface area contributed by atoms with Crippen molar-refractivity contribution in [3.63, 3.8) is 0 Å². The average molecular weight is 162 g/mol. The molecule has 0 fully saturated rings. The first-order valence-electron chi connectivity index (χ1n) is 3.18. The predicted molar refractivity (Wildman–Crippen MR) is 38.5 cm³/mol. The van der Waals surface area contributed by atoms with Crippen LogP contribution in [0.1, 0.15) is 20.3 Å². The van der Waals surface area contributed by atoms with Gasteiger partial charge in [0, 0.05) is 0 Å². The summed E-state index contributed by atoms with van der Waals surface area (Å²) in [5.41, 5.74) is -0.238. The molecule has 10 heavy (non-hydrogen) atoms. The maximum absolute atomic E-state index is 10.3. The van der Waals surface area contributed by atoms with Crippen LogP contribution >= 0.6 is 8.46 Å². The summed E-state index contributed by atoms with van der Waals surface area (Å²) in [4.78, 5) is 10.3. The summed E-state index contributed by atoms with van der Waals surface area (Å²) in [6, 6.07) is 0. The molecule has 0 spiro atoms. The van der Waals surface area contributed by atoms with Crippen LogP contribution in [0.4, 0.5) is 0 Å². The molecule has 58 valence electrons. The Morgan fingerprint density at radius 3 is 2.30 bits per heavy atom. The smallest absolute Gasteiger partial charge is 0.307 e. The Labute approximate surface area is 61.6 Å². The minimum absolute atomic E-state index is 0.0667. The van der Waals surface area contributed by atoms with Crippen molar-refractivity contribution >= 4 is 14.4 Å². The third-order valence-corrected chi connectivity index (χ3v) is 2.60. The van der Waals surface area contributed by atoms with Crippen molar-refractivity contribution in [1.29, 1.82) is 0 Å². The zero-order valence-electron chi connectivity index (χ0n) is 6.07. The normalized spacial score (nSPS) is 16.6. The molecule has 0 heterocycles. The largest absolute Gasteiger partial charge is 0.481 e. The minimum atomic E-state index is -0.879. The second kappa shape index (κ2) is 4.40. The number of aliphatic carboxylic acids is 1. The monoisotopic (exact) mass is 162 g/mol. The summed E-state index contributed by atoms with van der Waals surface area (Å²) in [6.45, 7) is 3.40. The van der Waals surface area contributed by atoms with Crippen molar-refractivity contribution in [1.82, 2.24) is 0 Å². The molecule has 0 rings (SSSR count). The van der Waals surface area contributed by atoms with Gasteiger partial charge in [-0.25, -0.2) is 0 Å². The molecule has 0 saturated heterocycles. The Balaban J connectivity index is 4.00. The van der Waals surface area contributed by atoms with Crippen molar-refractivity contribution < 1.29 is 14.5 Å². The zero-order valence-corrected chi connectivity index (χ0v) is 6.97. The molecule has 0 amide bonds. The maximum atomic E-state index is 10.3. The van der Waals surface area contributed by atoms with Crippen LogP contribution in [0, 0.1) is 5.92 Å². The summed E-state index contributed by atoms with van der Waals surface area (Å²) in [7, 11) is -0.0667. The van der Waals surface area contributed by atoms with Gasteiger partial charge in [0.25, 0.3) is 0 Å². The average Bonchev–Trinajstić information content (AvgIpc) is 1.90. The lowest BCUT2D eigenvalue weighted by atomic mass is 10.1.